The molecule has 0 saturated carbocycles. The first-order valence-electron chi connectivity index (χ1n) is 4.80. The van der Waals surface area contributed by atoms with E-state index in [0.717, 1.165) is 11.8 Å². The first-order chi connectivity index (χ1) is 5.05. The van der Waals surface area contributed by atoms with Crippen LogP contribution in [-0.2, 0) is 0 Å². The summed E-state index contributed by atoms with van der Waals surface area (Å²) in [7, 11) is 0. The maximum Gasteiger partial charge on any atom is 0.0128 e. The van der Waals surface area contributed by atoms with Crippen molar-refractivity contribution in [3.63, 3.8) is 0 Å². The van der Waals surface area contributed by atoms with Gasteiger partial charge in [-0.05, 0) is 38.6 Å². The molecule has 0 aromatic rings. The Balaban J connectivity index is 2.41. The largest absolute Gasteiger partial charge is 0.311 e. The monoisotopic (exact) mass is 155 g/mol. The predicted molar refractivity (Wildman–Crippen MR) is 49.6 cm³/mol. The summed E-state index contributed by atoms with van der Waals surface area (Å²) in [6.45, 7) is 10.5. The minimum absolute atomic E-state index is 0.397. The highest BCUT2D eigenvalue weighted by molar-refractivity contribution is 4.90. The van der Waals surface area contributed by atoms with Crippen molar-refractivity contribution < 1.29 is 0 Å². The van der Waals surface area contributed by atoms with Crippen LogP contribution in [-0.4, -0.2) is 12.1 Å². The Hall–Kier alpha value is -0.0400. The molecule has 2 atom stereocenters. The van der Waals surface area contributed by atoms with Crippen molar-refractivity contribution in [2.24, 2.45) is 11.8 Å². The standard InChI is InChI=1S/C10H21N/c1-5-8(2)9-6-10(3,4)11-7-9/h8-9,11H,5-7H2,1-4H3. The zero-order chi connectivity index (χ0) is 8.48. The van der Waals surface area contributed by atoms with Crippen LogP contribution < -0.4 is 5.32 Å². The summed E-state index contributed by atoms with van der Waals surface area (Å²) >= 11 is 0. The Morgan fingerprint density at radius 3 is 2.55 bits per heavy atom. The van der Waals surface area contributed by atoms with Crippen molar-refractivity contribution in [2.75, 3.05) is 6.54 Å². The maximum absolute atomic E-state index is 3.56. The summed E-state index contributed by atoms with van der Waals surface area (Å²) < 4.78 is 0. The lowest BCUT2D eigenvalue weighted by Gasteiger charge is -2.19. The van der Waals surface area contributed by atoms with Gasteiger partial charge < -0.3 is 5.32 Å². The van der Waals surface area contributed by atoms with E-state index in [1.165, 1.54) is 19.4 Å². The third-order valence-corrected chi connectivity index (χ3v) is 3.06. The average Bonchev–Trinajstić information content (AvgIpc) is 2.29. The van der Waals surface area contributed by atoms with Gasteiger partial charge in [-0.2, -0.15) is 0 Å². The third kappa shape index (κ3) is 2.19. The molecular weight excluding hydrogens is 134 g/mol. The van der Waals surface area contributed by atoms with Crippen molar-refractivity contribution >= 4 is 0 Å². The van der Waals surface area contributed by atoms with E-state index in [1.54, 1.807) is 0 Å². The average molecular weight is 155 g/mol. The molecule has 0 spiro atoms. The fraction of sp³-hybridized carbons (Fsp3) is 1.00. The molecule has 66 valence electrons. The highest BCUT2D eigenvalue weighted by atomic mass is 15.0. The zero-order valence-electron chi connectivity index (χ0n) is 8.28. The number of hydrogen-bond donors (Lipinski definition) is 1. The van der Waals surface area contributed by atoms with Crippen LogP contribution in [0.1, 0.15) is 40.5 Å². The van der Waals surface area contributed by atoms with Crippen molar-refractivity contribution in [1.82, 2.24) is 5.32 Å². The van der Waals surface area contributed by atoms with Crippen LogP contribution in [0, 0.1) is 11.8 Å². The summed E-state index contributed by atoms with van der Waals surface area (Å²) in [5, 5.41) is 3.56. The first-order valence-corrected chi connectivity index (χ1v) is 4.80. The zero-order valence-corrected chi connectivity index (χ0v) is 8.28. The second-order valence-electron chi connectivity index (χ2n) is 4.61. The van der Waals surface area contributed by atoms with Crippen molar-refractivity contribution in [3.05, 3.63) is 0 Å². The molecule has 1 heterocycles. The van der Waals surface area contributed by atoms with Gasteiger partial charge in [0.25, 0.3) is 0 Å². The van der Waals surface area contributed by atoms with Crippen LogP contribution >= 0.6 is 0 Å². The Bertz CT molecular complexity index is 129. The van der Waals surface area contributed by atoms with E-state index in [1.807, 2.05) is 0 Å². The molecule has 0 bridgehead atoms. The van der Waals surface area contributed by atoms with Gasteiger partial charge in [-0.3, -0.25) is 0 Å². The molecule has 11 heavy (non-hydrogen) atoms. The molecule has 1 saturated heterocycles. The van der Waals surface area contributed by atoms with Gasteiger partial charge in [0.15, 0.2) is 0 Å². The summed E-state index contributed by atoms with van der Waals surface area (Å²) in [4.78, 5) is 0. The summed E-state index contributed by atoms with van der Waals surface area (Å²) in [6, 6.07) is 0. The molecular formula is C10H21N. The lowest BCUT2D eigenvalue weighted by molar-refractivity contribution is 0.352. The van der Waals surface area contributed by atoms with Gasteiger partial charge in [0.2, 0.25) is 0 Å². The van der Waals surface area contributed by atoms with E-state index in [0.29, 0.717) is 5.54 Å². The van der Waals surface area contributed by atoms with E-state index >= 15 is 0 Å². The fourth-order valence-electron chi connectivity index (χ4n) is 1.94. The second-order valence-corrected chi connectivity index (χ2v) is 4.61. The van der Waals surface area contributed by atoms with E-state index in [2.05, 4.69) is 33.0 Å². The second kappa shape index (κ2) is 3.14. The Morgan fingerprint density at radius 2 is 2.18 bits per heavy atom. The molecule has 1 N–H and O–H groups in total. The van der Waals surface area contributed by atoms with E-state index < -0.39 is 0 Å². The van der Waals surface area contributed by atoms with Crippen LogP contribution in [0.2, 0.25) is 0 Å². The third-order valence-electron chi connectivity index (χ3n) is 3.06. The van der Waals surface area contributed by atoms with Crippen molar-refractivity contribution in [2.45, 2.75) is 46.1 Å². The minimum atomic E-state index is 0.397. The molecule has 0 aromatic heterocycles. The molecule has 0 aliphatic carbocycles. The van der Waals surface area contributed by atoms with E-state index in [9.17, 15) is 0 Å². The van der Waals surface area contributed by atoms with Gasteiger partial charge in [0, 0.05) is 5.54 Å². The molecule has 1 rings (SSSR count). The Kier molecular flexibility index (Phi) is 2.58. The van der Waals surface area contributed by atoms with Crippen molar-refractivity contribution in [1.29, 1.82) is 0 Å². The van der Waals surface area contributed by atoms with Crippen molar-refractivity contribution in [3.8, 4) is 0 Å². The van der Waals surface area contributed by atoms with Crippen LogP contribution in [0.4, 0.5) is 0 Å². The molecule has 0 amide bonds. The van der Waals surface area contributed by atoms with Crippen LogP contribution in [0.15, 0.2) is 0 Å². The van der Waals surface area contributed by atoms with Crippen LogP contribution in [0.3, 0.4) is 0 Å². The molecule has 0 radical (unpaired) electrons. The molecule has 1 fully saturated rings. The Morgan fingerprint density at radius 1 is 1.55 bits per heavy atom. The summed E-state index contributed by atoms with van der Waals surface area (Å²) in [5.41, 5.74) is 0.397. The van der Waals surface area contributed by atoms with E-state index in [4.69, 9.17) is 0 Å². The van der Waals surface area contributed by atoms with Gasteiger partial charge in [-0.25, -0.2) is 0 Å². The van der Waals surface area contributed by atoms with Crippen LogP contribution in [0.25, 0.3) is 0 Å². The predicted octanol–water partition coefficient (Wildman–Crippen LogP) is 2.42. The topological polar surface area (TPSA) is 12.0 Å². The summed E-state index contributed by atoms with van der Waals surface area (Å²) in [6.07, 6.45) is 2.67. The number of hydrogen-bond acceptors (Lipinski definition) is 1. The highest BCUT2D eigenvalue weighted by Crippen LogP contribution is 2.29. The number of nitrogens with one attached hydrogen (secondary N) is 1. The molecule has 2 unspecified atom stereocenters. The van der Waals surface area contributed by atoms with Gasteiger partial charge >= 0.3 is 0 Å². The van der Waals surface area contributed by atoms with E-state index in [-0.39, 0.29) is 0 Å². The van der Waals surface area contributed by atoms with Gasteiger partial charge in [-0.15, -0.1) is 0 Å². The maximum atomic E-state index is 3.56. The lowest BCUT2D eigenvalue weighted by Crippen LogP contribution is -2.31. The Labute approximate surface area is 70.6 Å². The van der Waals surface area contributed by atoms with Gasteiger partial charge in [0.1, 0.15) is 0 Å². The minimum Gasteiger partial charge on any atom is -0.311 e. The lowest BCUT2D eigenvalue weighted by atomic mass is 9.86. The number of rotatable bonds is 2. The SMILES string of the molecule is CCC(C)C1CNC(C)(C)C1. The smallest absolute Gasteiger partial charge is 0.0128 e. The fourth-order valence-corrected chi connectivity index (χ4v) is 1.94. The molecule has 0 aromatic carbocycles. The molecule has 1 heteroatoms. The van der Waals surface area contributed by atoms with Gasteiger partial charge in [0.05, 0.1) is 0 Å². The normalized spacial score (nSPS) is 32.2. The van der Waals surface area contributed by atoms with Crippen LogP contribution in [0.5, 0.6) is 0 Å². The summed E-state index contributed by atoms with van der Waals surface area (Å²) in [5.74, 6) is 1.80. The molecule has 1 aliphatic heterocycles. The van der Waals surface area contributed by atoms with Gasteiger partial charge in [-0.1, -0.05) is 20.3 Å². The molecule has 1 nitrogen and oxygen atoms in total. The molecule has 1 aliphatic rings. The quantitative estimate of drug-likeness (QED) is 0.645. The first kappa shape index (κ1) is 9.05. The highest BCUT2D eigenvalue weighted by Gasteiger charge is 2.32.